The van der Waals surface area contributed by atoms with E-state index >= 15 is 0 Å². The number of β-lactam (4-membered cyclic amide) rings is 1. The van der Waals surface area contributed by atoms with Crippen molar-refractivity contribution < 1.29 is 32.8 Å². The molecular formula is C20H26N4O6S3. The Morgan fingerprint density at radius 1 is 1.42 bits per heavy atom. The summed E-state index contributed by atoms with van der Waals surface area (Å²) in [4.78, 5) is 27.4. The molecule has 1 saturated heterocycles. The molecule has 10 nitrogen and oxygen atoms in total. The number of aromatic nitrogens is 2. The summed E-state index contributed by atoms with van der Waals surface area (Å²) in [6, 6.07) is -0.417. The monoisotopic (exact) mass is 514 g/mol. The number of aliphatic hydroxyl groups excluding tert-OH is 1. The second-order valence-electron chi connectivity index (χ2n) is 8.37. The Kier molecular flexibility index (Phi) is 6.37. The number of hydrogen-bond acceptors (Lipinski definition) is 9. The van der Waals surface area contributed by atoms with Crippen LogP contribution in [0.15, 0.2) is 23.2 Å². The number of nitrogens with two attached hydrogens (primary N) is 1. The highest BCUT2D eigenvalue weighted by Crippen LogP contribution is 2.51. The third-order valence-electron chi connectivity index (χ3n) is 6.30. The van der Waals surface area contributed by atoms with Gasteiger partial charge in [-0.05, 0) is 13.2 Å². The largest absolute Gasteiger partial charge is 0.543 e. The van der Waals surface area contributed by atoms with Gasteiger partial charge in [0.15, 0.2) is 9.84 Å². The number of thioether (sulfide) groups is 1. The van der Waals surface area contributed by atoms with E-state index in [1.807, 2.05) is 22.1 Å². The normalized spacial score (nSPS) is 23.8. The second kappa shape index (κ2) is 8.69. The van der Waals surface area contributed by atoms with Gasteiger partial charge in [-0.15, -0.1) is 0 Å². The number of imidazole rings is 1. The first-order chi connectivity index (χ1) is 15.5. The van der Waals surface area contributed by atoms with Crippen LogP contribution in [0.5, 0.6) is 0 Å². The maximum atomic E-state index is 12.6. The highest BCUT2D eigenvalue weighted by Gasteiger charge is 2.59. The van der Waals surface area contributed by atoms with Crippen LogP contribution in [-0.4, -0.2) is 71.2 Å². The number of carbonyl (C=O) groups is 2. The van der Waals surface area contributed by atoms with Gasteiger partial charge in [-0.25, -0.2) is 13.0 Å². The molecule has 0 bridgehead atoms. The van der Waals surface area contributed by atoms with E-state index in [0.717, 1.165) is 9.86 Å². The number of fused-ring (bicyclic) bond motifs is 2. The fraction of sp³-hybridized carbons (Fsp3) is 0.550. The van der Waals surface area contributed by atoms with Gasteiger partial charge in [0.2, 0.25) is 15.8 Å². The number of carboxylic acids is 1. The van der Waals surface area contributed by atoms with Crippen molar-refractivity contribution in [1.29, 1.82) is 0 Å². The summed E-state index contributed by atoms with van der Waals surface area (Å²) in [7, 11) is -3.24. The number of rotatable bonds is 9. The van der Waals surface area contributed by atoms with Crippen LogP contribution in [0, 0.1) is 11.8 Å². The average Bonchev–Trinajstić information content (AvgIpc) is 3.33. The van der Waals surface area contributed by atoms with Gasteiger partial charge in [0, 0.05) is 18.0 Å². The number of amides is 1. The summed E-state index contributed by atoms with van der Waals surface area (Å²) < 4.78 is 27.8. The quantitative estimate of drug-likeness (QED) is 0.238. The van der Waals surface area contributed by atoms with E-state index in [0.29, 0.717) is 10.5 Å². The molecule has 4 atom stereocenters. The molecule has 33 heavy (non-hydrogen) atoms. The molecule has 2 aromatic rings. The number of carboxylic acid groups (broad SMARTS) is 1. The number of thiazole rings is 1. The van der Waals surface area contributed by atoms with Crippen LogP contribution < -0.4 is 15.4 Å². The van der Waals surface area contributed by atoms with Gasteiger partial charge in [0.1, 0.15) is 12.7 Å². The number of aliphatic hydroxyl groups is 1. The minimum atomic E-state index is -3.24. The van der Waals surface area contributed by atoms with Gasteiger partial charge in [-0.1, -0.05) is 30.0 Å². The lowest BCUT2D eigenvalue weighted by molar-refractivity contribution is -0.725. The molecule has 1 fully saturated rings. The van der Waals surface area contributed by atoms with Gasteiger partial charge in [-0.3, -0.25) is 4.79 Å². The van der Waals surface area contributed by atoms with E-state index in [-0.39, 0.29) is 36.2 Å². The third kappa shape index (κ3) is 3.89. The first-order valence-corrected chi connectivity index (χ1v) is 14.3. The lowest BCUT2D eigenvalue weighted by atomic mass is 9.77. The molecule has 0 saturated carbocycles. The zero-order valence-electron chi connectivity index (χ0n) is 18.4. The van der Waals surface area contributed by atoms with Gasteiger partial charge in [-0.2, -0.15) is 4.40 Å². The Balaban J connectivity index is 1.71. The number of aryl methyl sites for hydroxylation is 1. The van der Waals surface area contributed by atoms with Crippen LogP contribution in [0.2, 0.25) is 0 Å². The first-order valence-electron chi connectivity index (χ1n) is 10.5. The summed E-state index contributed by atoms with van der Waals surface area (Å²) in [5.74, 6) is -2.83. The predicted molar refractivity (Wildman–Crippen MR) is 122 cm³/mol. The van der Waals surface area contributed by atoms with Crippen LogP contribution in [-0.2, 0) is 26.0 Å². The summed E-state index contributed by atoms with van der Waals surface area (Å²) in [6.07, 6.45) is 4.60. The molecule has 4 heterocycles. The lowest BCUT2D eigenvalue weighted by Crippen LogP contribution is -2.64. The standard InChI is InChI=1S/C20H26N4O6S3/c1-10-13(16(20(27)28)24-15(10)14(11(2)25)17(24)26)12-8-23-9-22(18(31-3)19(23)32-12)5-7-33(29,30)6-4-21/h8-11,14-15,25H,4-7,21H2,1-3H3/t10-,11+,14+,15+/m0/s1. The summed E-state index contributed by atoms with van der Waals surface area (Å²) in [5, 5.41) is 22.9. The molecule has 0 spiro atoms. The van der Waals surface area contributed by atoms with E-state index in [4.69, 9.17) is 5.73 Å². The van der Waals surface area contributed by atoms with E-state index in [2.05, 4.69) is 0 Å². The summed E-state index contributed by atoms with van der Waals surface area (Å²) in [6.45, 7) is 3.76. The zero-order valence-corrected chi connectivity index (χ0v) is 20.9. The molecule has 3 N–H and O–H groups in total. The van der Waals surface area contributed by atoms with Crippen molar-refractivity contribution >= 4 is 55.2 Å². The first kappa shape index (κ1) is 24.2. The van der Waals surface area contributed by atoms with Crippen LogP contribution >= 0.6 is 23.1 Å². The van der Waals surface area contributed by atoms with E-state index < -0.39 is 39.8 Å². The highest BCUT2D eigenvalue weighted by atomic mass is 32.2. The maximum absolute atomic E-state index is 12.6. The molecule has 180 valence electrons. The molecule has 2 aliphatic heterocycles. The Labute approximate surface area is 199 Å². The second-order valence-corrected chi connectivity index (χ2v) is 12.5. The van der Waals surface area contributed by atoms with Crippen molar-refractivity contribution in [3.63, 3.8) is 0 Å². The van der Waals surface area contributed by atoms with Gasteiger partial charge >= 0.3 is 0 Å². The molecule has 4 rings (SSSR count). The van der Waals surface area contributed by atoms with Gasteiger partial charge < -0.3 is 25.6 Å². The molecule has 0 aliphatic carbocycles. The SMILES string of the molecule is CSc1c2sc(C3=C(C(=O)[O-])N4C(=O)[C@H]([C@@H](C)O)[C@H]4[C@H]3C)cn2c[n+]1CCS(=O)(=O)CCN. The molecule has 2 aliphatic rings. The van der Waals surface area contributed by atoms with Gasteiger partial charge in [0.25, 0.3) is 6.33 Å². The Hall–Kier alpha value is -1.93. The predicted octanol–water partition coefficient (Wildman–Crippen LogP) is -1.30. The number of hydrogen-bond donors (Lipinski definition) is 2. The number of sulfone groups is 1. The van der Waals surface area contributed by atoms with Crippen molar-refractivity contribution in [2.24, 2.45) is 17.6 Å². The molecular weight excluding hydrogens is 488 g/mol. The minimum Gasteiger partial charge on any atom is -0.543 e. The van der Waals surface area contributed by atoms with Crippen molar-refractivity contribution in [1.82, 2.24) is 9.30 Å². The van der Waals surface area contributed by atoms with Crippen molar-refractivity contribution in [3.8, 4) is 0 Å². The van der Waals surface area contributed by atoms with Gasteiger partial charge in [0.05, 0.1) is 46.1 Å². The van der Waals surface area contributed by atoms with E-state index in [9.17, 15) is 28.2 Å². The highest BCUT2D eigenvalue weighted by molar-refractivity contribution is 7.98. The number of nitrogens with zero attached hydrogens (tertiary/aromatic N) is 3. The maximum Gasteiger partial charge on any atom is 0.250 e. The summed E-state index contributed by atoms with van der Waals surface area (Å²) >= 11 is 2.85. The molecule has 0 aromatic carbocycles. The van der Waals surface area contributed by atoms with E-state index in [1.54, 1.807) is 12.5 Å². The van der Waals surface area contributed by atoms with Crippen LogP contribution in [0.3, 0.4) is 0 Å². The lowest BCUT2D eigenvalue weighted by Gasteiger charge is -2.47. The zero-order chi connectivity index (χ0) is 24.2. The third-order valence-corrected chi connectivity index (χ3v) is 10.1. The smallest absolute Gasteiger partial charge is 0.250 e. The minimum absolute atomic E-state index is 0.0242. The topological polar surface area (TPSA) is 149 Å². The number of carbonyl (C=O) groups excluding carboxylic acids is 2. The van der Waals surface area contributed by atoms with Crippen molar-refractivity contribution in [2.45, 2.75) is 37.6 Å². The fourth-order valence-electron chi connectivity index (χ4n) is 4.82. The average molecular weight is 515 g/mol. The Bertz CT molecular complexity index is 1260. The van der Waals surface area contributed by atoms with Crippen LogP contribution in [0.4, 0.5) is 0 Å². The summed E-state index contributed by atoms with van der Waals surface area (Å²) in [5.41, 5.74) is 5.77. The molecule has 1 amide bonds. The Morgan fingerprint density at radius 2 is 2.12 bits per heavy atom. The van der Waals surface area contributed by atoms with Crippen LogP contribution in [0.25, 0.3) is 10.4 Å². The van der Waals surface area contributed by atoms with Crippen LogP contribution in [0.1, 0.15) is 18.7 Å². The van der Waals surface area contributed by atoms with E-state index in [1.165, 1.54) is 34.9 Å². The molecule has 0 unspecified atom stereocenters. The van der Waals surface area contributed by atoms with Crippen molar-refractivity contribution in [2.75, 3.05) is 24.3 Å². The molecule has 13 heteroatoms. The fourth-order valence-corrected chi connectivity index (χ4v) is 8.07. The number of aliphatic carboxylic acids is 1. The van der Waals surface area contributed by atoms with Crippen molar-refractivity contribution in [3.05, 3.63) is 23.1 Å². The Morgan fingerprint density at radius 3 is 2.70 bits per heavy atom. The molecule has 0 radical (unpaired) electrons. The molecule has 2 aromatic heterocycles.